The van der Waals surface area contributed by atoms with E-state index in [0.717, 1.165) is 75.5 Å². The predicted molar refractivity (Wildman–Crippen MR) is 113 cm³/mol. The lowest BCUT2D eigenvalue weighted by molar-refractivity contribution is -0.136. The minimum atomic E-state index is -0.130. The Balaban J connectivity index is 1.32. The number of benzene rings is 1. The molecule has 0 N–H and O–H groups in total. The Morgan fingerprint density at radius 1 is 1.18 bits per heavy atom. The number of anilines is 1. The number of nitrogens with zero attached hydrogens (tertiary/aromatic N) is 3. The lowest BCUT2D eigenvalue weighted by Crippen LogP contribution is -2.45. The topological polar surface area (TPSA) is 36.0 Å². The number of piperidine rings is 1. The number of likely N-dealkylation sites (tertiary alicyclic amines) is 2. The van der Waals surface area contributed by atoms with Gasteiger partial charge in [-0.05, 0) is 56.8 Å². The number of methoxy groups -OCH3 is 1. The van der Waals surface area contributed by atoms with Crippen molar-refractivity contribution in [1.29, 1.82) is 0 Å². The van der Waals surface area contributed by atoms with E-state index in [9.17, 15) is 4.79 Å². The van der Waals surface area contributed by atoms with Crippen LogP contribution in [0, 0.1) is 12.3 Å². The third kappa shape index (κ3) is 3.77. The van der Waals surface area contributed by atoms with Crippen LogP contribution in [0.5, 0.6) is 0 Å². The Hall–Kier alpha value is -1.30. The summed E-state index contributed by atoms with van der Waals surface area (Å²) in [5.41, 5.74) is 2.23. The van der Waals surface area contributed by atoms with E-state index >= 15 is 0 Å². The van der Waals surface area contributed by atoms with E-state index < -0.39 is 0 Å². The molecule has 5 nitrogen and oxygen atoms in total. The number of carbonyl (C=O) groups is 1. The second-order valence-corrected chi connectivity index (χ2v) is 9.09. The summed E-state index contributed by atoms with van der Waals surface area (Å²) in [6, 6.07) is 6.97. The van der Waals surface area contributed by atoms with Crippen LogP contribution in [0.3, 0.4) is 0 Å². The number of carbonyl (C=O) groups excluding carboxylic acids is 1. The van der Waals surface area contributed by atoms with Gasteiger partial charge in [-0.15, -0.1) is 0 Å². The lowest BCUT2D eigenvalue weighted by Gasteiger charge is -2.38. The van der Waals surface area contributed by atoms with Gasteiger partial charge in [0.2, 0.25) is 5.91 Å². The Kier molecular flexibility index (Phi) is 5.86. The summed E-state index contributed by atoms with van der Waals surface area (Å²) in [6.45, 7) is 8.41. The van der Waals surface area contributed by atoms with Crippen molar-refractivity contribution in [3.05, 3.63) is 28.8 Å². The molecular weight excluding hydrogens is 374 g/mol. The molecule has 1 atom stereocenters. The third-order valence-corrected chi connectivity index (χ3v) is 7.46. The number of aryl methyl sites for hydroxylation is 1. The van der Waals surface area contributed by atoms with Gasteiger partial charge in [0.1, 0.15) is 0 Å². The number of hydrogen-bond acceptors (Lipinski definition) is 4. The number of rotatable bonds is 5. The van der Waals surface area contributed by atoms with Crippen molar-refractivity contribution in [2.45, 2.75) is 38.6 Å². The molecule has 0 aliphatic carbocycles. The molecule has 3 aliphatic rings. The summed E-state index contributed by atoms with van der Waals surface area (Å²) in [6.07, 6.45) is 4.34. The third-order valence-electron chi connectivity index (χ3n) is 7.05. The molecule has 3 aliphatic heterocycles. The van der Waals surface area contributed by atoms with Crippen molar-refractivity contribution in [3.8, 4) is 0 Å². The molecule has 1 spiro atoms. The summed E-state index contributed by atoms with van der Waals surface area (Å²) in [7, 11) is 1.70. The van der Waals surface area contributed by atoms with Crippen LogP contribution in [0.25, 0.3) is 0 Å². The van der Waals surface area contributed by atoms with Crippen LogP contribution >= 0.6 is 11.6 Å². The van der Waals surface area contributed by atoms with Gasteiger partial charge in [-0.2, -0.15) is 0 Å². The van der Waals surface area contributed by atoms with Crippen LogP contribution in [0.2, 0.25) is 5.02 Å². The van der Waals surface area contributed by atoms with Gasteiger partial charge in [-0.3, -0.25) is 9.69 Å². The summed E-state index contributed by atoms with van der Waals surface area (Å²) in [5, 5.41) is 0.846. The zero-order valence-corrected chi connectivity index (χ0v) is 17.9. The Bertz CT molecular complexity index is 720. The fourth-order valence-electron chi connectivity index (χ4n) is 5.17. The molecule has 1 unspecified atom stereocenters. The Labute approximate surface area is 173 Å². The molecule has 154 valence electrons. The van der Waals surface area contributed by atoms with E-state index in [-0.39, 0.29) is 5.41 Å². The average Bonchev–Trinajstić information content (AvgIpc) is 3.28. The zero-order chi connectivity index (χ0) is 19.7. The Morgan fingerprint density at radius 3 is 2.64 bits per heavy atom. The van der Waals surface area contributed by atoms with Crippen molar-refractivity contribution < 1.29 is 9.53 Å². The van der Waals surface area contributed by atoms with Gasteiger partial charge in [0.05, 0.1) is 12.0 Å². The molecular formula is C22H32ClN3O2. The Morgan fingerprint density at radius 2 is 1.93 bits per heavy atom. The van der Waals surface area contributed by atoms with Crippen molar-refractivity contribution in [3.63, 3.8) is 0 Å². The highest BCUT2D eigenvalue weighted by atomic mass is 35.5. The first kappa shape index (κ1) is 20.0. The van der Waals surface area contributed by atoms with E-state index in [4.69, 9.17) is 16.3 Å². The predicted octanol–water partition coefficient (Wildman–Crippen LogP) is 3.19. The minimum absolute atomic E-state index is 0.130. The molecule has 6 heteroatoms. The van der Waals surface area contributed by atoms with Gasteiger partial charge in [0, 0.05) is 56.6 Å². The molecule has 1 aromatic carbocycles. The lowest BCUT2D eigenvalue weighted by atomic mass is 9.85. The first-order valence-corrected chi connectivity index (χ1v) is 10.9. The molecule has 0 bridgehead atoms. The van der Waals surface area contributed by atoms with Gasteiger partial charge in [0.25, 0.3) is 0 Å². The van der Waals surface area contributed by atoms with E-state index in [2.05, 4.69) is 28.0 Å². The second kappa shape index (κ2) is 8.21. The van der Waals surface area contributed by atoms with Crippen LogP contribution in [0.4, 0.5) is 5.69 Å². The maximum atomic E-state index is 13.0. The summed E-state index contributed by atoms with van der Waals surface area (Å²) in [5.74, 6) is 0.360. The molecule has 3 heterocycles. The van der Waals surface area contributed by atoms with Gasteiger partial charge in [0.15, 0.2) is 0 Å². The monoisotopic (exact) mass is 405 g/mol. The molecule has 1 amide bonds. The number of halogens is 1. The van der Waals surface area contributed by atoms with Crippen molar-refractivity contribution in [1.82, 2.24) is 9.80 Å². The largest absolute Gasteiger partial charge is 0.383 e. The summed E-state index contributed by atoms with van der Waals surface area (Å²) < 4.78 is 5.16. The number of ether oxygens (including phenoxy) is 1. The maximum absolute atomic E-state index is 13.0. The summed E-state index contributed by atoms with van der Waals surface area (Å²) in [4.78, 5) is 20.0. The van der Waals surface area contributed by atoms with Crippen LogP contribution < -0.4 is 4.90 Å². The maximum Gasteiger partial charge on any atom is 0.230 e. The summed E-state index contributed by atoms with van der Waals surface area (Å²) >= 11 is 6.31. The van der Waals surface area contributed by atoms with Gasteiger partial charge < -0.3 is 14.5 Å². The van der Waals surface area contributed by atoms with Gasteiger partial charge >= 0.3 is 0 Å². The van der Waals surface area contributed by atoms with E-state index in [1.54, 1.807) is 7.11 Å². The van der Waals surface area contributed by atoms with Crippen LogP contribution in [-0.2, 0) is 9.53 Å². The fraction of sp³-hybridized carbons (Fsp3) is 0.682. The standard InChI is InChI=1S/C22H32ClN3O2/c1-17-3-4-19(15-20(17)23)24-9-5-18(6-10-24)26-12-8-22(16-26)7-11-25(21(22)27)13-14-28-2/h3-4,15,18H,5-14,16H2,1-2H3. The van der Waals surface area contributed by atoms with Crippen LogP contribution in [0.1, 0.15) is 31.2 Å². The highest BCUT2D eigenvalue weighted by Gasteiger charge is 2.51. The highest BCUT2D eigenvalue weighted by Crippen LogP contribution is 2.42. The van der Waals surface area contributed by atoms with Crippen molar-refractivity contribution >= 4 is 23.2 Å². The normalized spacial score (nSPS) is 26.8. The number of hydrogen-bond donors (Lipinski definition) is 0. The molecule has 0 radical (unpaired) electrons. The van der Waals surface area contributed by atoms with Crippen LogP contribution in [0.15, 0.2) is 18.2 Å². The van der Waals surface area contributed by atoms with Crippen molar-refractivity contribution in [2.24, 2.45) is 5.41 Å². The van der Waals surface area contributed by atoms with E-state index in [1.165, 1.54) is 5.69 Å². The minimum Gasteiger partial charge on any atom is -0.383 e. The molecule has 0 saturated carbocycles. The van der Waals surface area contributed by atoms with E-state index in [0.29, 0.717) is 18.6 Å². The average molecular weight is 406 g/mol. The number of amides is 1. The molecule has 3 fully saturated rings. The fourth-order valence-corrected chi connectivity index (χ4v) is 5.34. The molecule has 28 heavy (non-hydrogen) atoms. The van der Waals surface area contributed by atoms with Crippen LogP contribution in [-0.4, -0.2) is 74.7 Å². The molecule has 1 aromatic rings. The molecule has 0 aromatic heterocycles. The SMILES string of the molecule is COCCN1CCC2(CCN(C3CCN(c4ccc(C)c(Cl)c4)CC3)C2)C1=O. The first-order valence-electron chi connectivity index (χ1n) is 10.6. The van der Waals surface area contributed by atoms with Gasteiger partial charge in [-0.1, -0.05) is 17.7 Å². The van der Waals surface area contributed by atoms with Gasteiger partial charge in [-0.25, -0.2) is 0 Å². The highest BCUT2D eigenvalue weighted by molar-refractivity contribution is 6.31. The zero-order valence-electron chi connectivity index (χ0n) is 17.1. The quantitative estimate of drug-likeness (QED) is 0.753. The first-order chi connectivity index (χ1) is 13.5. The second-order valence-electron chi connectivity index (χ2n) is 8.69. The molecule has 3 saturated heterocycles. The van der Waals surface area contributed by atoms with Crippen molar-refractivity contribution in [2.75, 3.05) is 57.9 Å². The van der Waals surface area contributed by atoms with E-state index in [1.807, 2.05) is 11.8 Å². The molecule has 4 rings (SSSR count). The smallest absolute Gasteiger partial charge is 0.230 e.